The van der Waals surface area contributed by atoms with Crippen LogP contribution < -0.4 is 5.73 Å². The molecule has 0 aliphatic rings. The van der Waals surface area contributed by atoms with Crippen LogP contribution >= 0.6 is 0 Å². The molecule has 0 spiro atoms. The molecule has 0 bridgehead atoms. The molecule has 0 unspecified atom stereocenters. The summed E-state index contributed by atoms with van der Waals surface area (Å²) in [6.45, 7) is 0.941. The van der Waals surface area contributed by atoms with Gasteiger partial charge in [0.25, 0.3) is 5.60 Å². The number of hydrogen-bond acceptors (Lipinski definition) is 3. The molecule has 2 aromatic carbocycles. The largest absolute Gasteiger partial charge is 0.498 e. The van der Waals surface area contributed by atoms with Crippen molar-refractivity contribution in [3.8, 4) is 6.07 Å². The average Bonchev–Trinajstić information content (AvgIpc) is 2.56. The SMILES string of the molecule is NCCCOC(C#[N+][O-])(c1ccccc1)c1ccccc1. The van der Waals surface area contributed by atoms with Crippen molar-refractivity contribution in [2.75, 3.05) is 13.2 Å². The van der Waals surface area contributed by atoms with Crippen LogP contribution in [0.1, 0.15) is 17.5 Å². The molecule has 0 aliphatic heterocycles. The Kier molecular flexibility index (Phi) is 5.33. The number of nitrogens with zero attached hydrogens (tertiary/aromatic N) is 1. The van der Waals surface area contributed by atoms with Gasteiger partial charge < -0.3 is 15.7 Å². The summed E-state index contributed by atoms with van der Waals surface area (Å²) in [5, 5.41) is 13.8. The van der Waals surface area contributed by atoms with Gasteiger partial charge in [0, 0.05) is 16.1 Å². The first-order valence-electron chi connectivity index (χ1n) is 6.88. The maximum Gasteiger partial charge on any atom is 0.344 e. The zero-order valence-electron chi connectivity index (χ0n) is 11.7. The molecule has 2 N–H and O–H groups in total. The summed E-state index contributed by atoms with van der Waals surface area (Å²) in [7, 11) is 0. The van der Waals surface area contributed by atoms with Gasteiger partial charge in [0.05, 0.1) is 6.61 Å². The van der Waals surface area contributed by atoms with E-state index in [0.29, 0.717) is 19.6 Å². The molecule has 21 heavy (non-hydrogen) atoms. The molecule has 0 atom stereocenters. The fraction of sp³-hybridized carbons (Fsp3) is 0.235. The highest BCUT2D eigenvalue weighted by Crippen LogP contribution is 2.33. The van der Waals surface area contributed by atoms with Gasteiger partial charge in [0.2, 0.25) is 0 Å². The molecule has 0 radical (unpaired) electrons. The van der Waals surface area contributed by atoms with E-state index in [2.05, 4.69) is 11.1 Å². The van der Waals surface area contributed by atoms with Gasteiger partial charge in [0.15, 0.2) is 0 Å². The summed E-state index contributed by atoms with van der Waals surface area (Å²) < 4.78 is 6.00. The van der Waals surface area contributed by atoms with E-state index in [1.807, 2.05) is 60.7 Å². The lowest BCUT2D eigenvalue weighted by Crippen LogP contribution is -2.30. The molecule has 0 aliphatic carbocycles. The quantitative estimate of drug-likeness (QED) is 0.654. The Balaban J connectivity index is 2.51. The molecule has 0 saturated heterocycles. The number of rotatable bonds is 6. The zero-order valence-corrected chi connectivity index (χ0v) is 11.7. The molecule has 0 fully saturated rings. The molecule has 0 heterocycles. The van der Waals surface area contributed by atoms with Crippen molar-refractivity contribution in [1.82, 2.24) is 0 Å². The first-order chi connectivity index (χ1) is 10.3. The van der Waals surface area contributed by atoms with E-state index >= 15 is 0 Å². The highest BCUT2D eigenvalue weighted by molar-refractivity contribution is 5.43. The van der Waals surface area contributed by atoms with Crippen molar-refractivity contribution < 1.29 is 4.74 Å². The molecule has 0 amide bonds. The Morgan fingerprint density at radius 3 is 1.95 bits per heavy atom. The molecular formula is C17H18N2O2. The van der Waals surface area contributed by atoms with Gasteiger partial charge in [-0.25, -0.2) is 0 Å². The van der Waals surface area contributed by atoms with Crippen molar-refractivity contribution in [1.29, 1.82) is 0 Å². The lowest BCUT2D eigenvalue weighted by molar-refractivity contribution is 0.0256. The van der Waals surface area contributed by atoms with E-state index in [9.17, 15) is 5.21 Å². The fourth-order valence-corrected chi connectivity index (χ4v) is 2.21. The lowest BCUT2D eigenvalue weighted by Gasteiger charge is -2.25. The molecule has 2 rings (SSSR count). The monoisotopic (exact) mass is 282 g/mol. The highest BCUT2D eigenvalue weighted by atomic mass is 16.5. The second kappa shape index (κ2) is 7.44. The predicted molar refractivity (Wildman–Crippen MR) is 83.9 cm³/mol. The molecule has 4 heteroatoms. The van der Waals surface area contributed by atoms with Crippen molar-refractivity contribution in [3.63, 3.8) is 0 Å². The standard InChI is InChI=1S/C17H18N2O2/c18-12-7-13-21-17(14-19-20,15-8-3-1-4-9-15)16-10-5-2-6-11-16/h1-6,8-11H,7,12-13,18H2. The van der Waals surface area contributed by atoms with Crippen LogP contribution in [0.4, 0.5) is 0 Å². The first kappa shape index (κ1) is 15.0. The Hall–Kier alpha value is -2.35. The summed E-state index contributed by atoms with van der Waals surface area (Å²) in [6, 6.07) is 21.6. The van der Waals surface area contributed by atoms with Crippen LogP contribution in [0.2, 0.25) is 0 Å². The van der Waals surface area contributed by atoms with Crippen molar-refractivity contribution >= 4 is 0 Å². The number of nitrogens with two attached hydrogens (primary N) is 1. The Bertz CT molecular complexity index is 563. The van der Waals surface area contributed by atoms with Gasteiger partial charge in [-0.05, 0) is 13.0 Å². The lowest BCUT2D eigenvalue weighted by atomic mass is 9.87. The average molecular weight is 282 g/mol. The molecule has 108 valence electrons. The Morgan fingerprint density at radius 1 is 1.00 bits per heavy atom. The number of benzene rings is 2. The minimum atomic E-state index is -1.10. The number of ether oxygens (including phenoxy) is 1. The summed E-state index contributed by atoms with van der Waals surface area (Å²) in [4.78, 5) is 0. The van der Waals surface area contributed by atoms with Gasteiger partial charge in [-0.2, -0.15) is 0 Å². The van der Waals surface area contributed by atoms with Crippen molar-refractivity contribution in [2.24, 2.45) is 5.73 Å². The normalized spacial score (nSPS) is 10.7. The number of hydrogen-bond donors (Lipinski definition) is 1. The maximum absolute atomic E-state index is 10.9. The highest BCUT2D eigenvalue weighted by Gasteiger charge is 2.40. The van der Waals surface area contributed by atoms with E-state index < -0.39 is 5.60 Å². The van der Waals surface area contributed by atoms with Crippen LogP contribution in [-0.4, -0.2) is 13.2 Å². The smallest absolute Gasteiger partial charge is 0.344 e. The summed E-state index contributed by atoms with van der Waals surface area (Å²) in [6.07, 6.45) is 0.696. The molecular weight excluding hydrogens is 264 g/mol. The molecule has 4 nitrogen and oxygen atoms in total. The third kappa shape index (κ3) is 3.40. The van der Waals surface area contributed by atoms with E-state index in [4.69, 9.17) is 10.5 Å². The van der Waals surface area contributed by atoms with E-state index in [1.165, 1.54) is 0 Å². The molecule has 2 aromatic rings. The minimum absolute atomic E-state index is 0.419. The second-order valence-corrected chi connectivity index (χ2v) is 4.61. The Morgan fingerprint density at radius 2 is 1.52 bits per heavy atom. The van der Waals surface area contributed by atoms with E-state index in [-0.39, 0.29) is 0 Å². The van der Waals surface area contributed by atoms with Gasteiger partial charge in [-0.1, -0.05) is 60.7 Å². The first-order valence-corrected chi connectivity index (χ1v) is 6.88. The Labute approximate surface area is 124 Å². The third-order valence-corrected chi connectivity index (χ3v) is 3.23. The van der Waals surface area contributed by atoms with Crippen LogP contribution in [0.25, 0.3) is 5.01 Å². The minimum Gasteiger partial charge on any atom is -0.498 e. The fourth-order valence-electron chi connectivity index (χ4n) is 2.21. The van der Waals surface area contributed by atoms with Gasteiger partial charge in [-0.15, -0.1) is 0 Å². The van der Waals surface area contributed by atoms with Crippen LogP contribution in [0.3, 0.4) is 0 Å². The third-order valence-electron chi connectivity index (χ3n) is 3.23. The van der Waals surface area contributed by atoms with Crippen LogP contribution in [0, 0.1) is 11.3 Å². The van der Waals surface area contributed by atoms with Crippen molar-refractivity contribution in [2.45, 2.75) is 12.0 Å². The van der Waals surface area contributed by atoms with Gasteiger partial charge >= 0.3 is 6.07 Å². The predicted octanol–water partition coefficient (Wildman–Crippen LogP) is 3.13. The van der Waals surface area contributed by atoms with Crippen LogP contribution in [0.5, 0.6) is 0 Å². The van der Waals surface area contributed by atoms with Crippen LogP contribution in [0.15, 0.2) is 60.7 Å². The van der Waals surface area contributed by atoms with Crippen molar-refractivity contribution in [3.05, 3.63) is 82.0 Å². The zero-order chi connectivity index (χ0) is 15.0. The molecule has 0 aromatic heterocycles. The van der Waals surface area contributed by atoms with Gasteiger partial charge in [-0.3, -0.25) is 0 Å². The van der Waals surface area contributed by atoms with E-state index in [1.54, 1.807) is 0 Å². The molecule has 0 saturated carbocycles. The van der Waals surface area contributed by atoms with E-state index in [0.717, 1.165) is 11.1 Å². The van der Waals surface area contributed by atoms with Crippen LogP contribution in [-0.2, 0) is 10.3 Å². The summed E-state index contributed by atoms with van der Waals surface area (Å²) in [5.41, 5.74) is 6.05. The van der Waals surface area contributed by atoms with Gasteiger partial charge in [0.1, 0.15) is 0 Å². The second-order valence-electron chi connectivity index (χ2n) is 4.61. The topological polar surface area (TPSA) is 62.7 Å². The maximum atomic E-state index is 10.9. The summed E-state index contributed by atoms with van der Waals surface area (Å²) in [5.74, 6) is 0. The summed E-state index contributed by atoms with van der Waals surface area (Å²) >= 11 is 0.